The first-order chi connectivity index (χ1) is 18.3. The third kappa shape index (κ3) is 6.23. The first-order valence-electron chi connectivity index (χ1n) is 15.1. The molecule has 0 amide bonds. The summed E-state index contributed by atoms with van der Waals surface area (Å²) in [4.78, 5) is 0. The van der Waals surface area contributed by atoms with Crippen molar-refractivity contribution < 1.29 is 77.4 Å². The number of hydrogen-bond acceptors (Lipinski definition) is 10. The van der Waals surface area contributed by atoms with Gasteiger partial charge in [-0.15, -0.1) is 0 Å². The fraction of sp³-hybridized carbons (Fsp3) is 1.00. The predicted molar refractivity (Wildman–Crippen MR) is 145 cm³/mol. The summed E-state index contributed by atoms with van der Waals surface area (Å²) in [5.41, 5.74) is -3.90. The second-order valence-corrected chi connectivity index (χ2v) is 15.6. The Morgan fingerprint density at radius 1 is 1.07 bits per heavy atom. The molecule has 0 saturated heterocycles. The Morgan fingerprint density at radius 2 is 1.71 bits per heavy atom. The van der Waals surface area contributed by atoms with Crippen LogP contribution in [0.3, 0.4) is 0 Å². The standard InChI is InChI=1S/C29H52O10S.Na/c1-6-17(28(5,34)15-39-40(36,37)38)8-7-16(2)22-24(32)25(33)23-19-13-21(31)29(35)14-18(30)9-12-27(29,4)20(19)10-11-26(22,23)3;/h16-25,30-35H,6-15H2,1-5H3,(H,36,37,38);/q;+1/p-1/t16?,17-,18+,19?,20?,21-,22+,23?,24-,25?,26-,27-,28+,29?;/m1./s1. The van der Waals surface area contributed by atoms with Gasteiger partial charge in [0.05, 0.1) is 42.2 Å². The van der Waals surface area contributed by atoms with Crippen molar-refractivity contribution in [3.05, 3.63) is 0 Å². The molecule has 0 aromatic heterocycles. The number of rotatable bonds is 9. The summed E-state index contributed by atoms with van der Waals surface area (Å²) in [6, 6.07) is 0. The fourth-order valence-electron chi connectivity index (χ4n) is 10.3. The quantitative estimate of drug-likeness (QED) is 0.104. The van der Waals surface area contributed by atoms with Crippen molar-refractivity contribution >= 4 is 10.4 Å². The van der Waals surface area contributed by atoms with E-state index in [9.17, 15) is 43.6 Å². The molecule has 6 N–H and O–H groups in total. The molecular formula is C29H51NaO10S. The maximum absolute atomic E-state index is 11.7. The van der Waals surface area contributed by atoms with Crippen LogP contribution in [0.4, 0.5) is 0 Å². The maximum atomic E-state index is 11.7. The maximum Gasteiger partial charge on any atom is 1.00 e. The van der Waals surface area contributed by atoms with Gasteiger partial charge in [-0.25, -0.2) is 8.42 Å². The van der Waals surface area contributed by atoms with Gasteiger partial charge in [-0.3, -0.25) is 4.18 Å². The Labute approximate surface area is 267 Å². The minimum absolute atomic E-state index is 0. The molecule has 4 fully saturated rings. The van der Waals surface area contributed by atoms with Gasteiger partial charge in [-0.1, -0.05) is 34.1 Å². The van der Waals surface area contributed by atoms with E-state index in [0.29, 0.717) is 38.5 Å². The molecule has 0 spiro atoms. The van der Waals surface area contributed by atoms with E-state index in [0.717, 1.165) is 12.8 Å². The zero-order chi connectivity index (χ0) is 30.1. The van der Waals surface area contributed by atoms with Crippen LogP contribution in [0, 0.1) is 46.3 Å². The van der Waals surface area contributed by atoms with Crippen molar-refractivity contribution in [1.82, 2.24) is 0 Å². The van der Waals surface area contributed by atoms with Gasteiger partial charge in [-0.05, 0) is 92.8 Å². The molecule has 6 unspecified atom stereocenters. The SMILES string of the molecule is CC[C@H](CCC(C)[C@H]1[C@@H](O)C(O)C2C3C[C@@H](O)C4(O)C[C@@H](O)CC[C@]4(C)C3CC[C@@]21C)[C@@](C)(O)COS(=O)(=O)[O-].[Na+]. The average molecular weight is 615 g/mol. The van der Waals surface area contributed by atoms with E-state index in [1.807, 2.05) is 20.8 Å². The van der Waals surface area contributed by atoms with E-state index in [-0.39, 0.29) is 71.5 Å². The van der Waals surface area contributed by atoms with Gasteiger partial charge in [0, 0.05) is 11.8 Å². The van der Waals surface area contributed by atoms with Crippen LogP contribution in [0.5, 0.6) is 0 Å². The smallest absolute Gasteiger partial charge is 0.726 e. The van der Waals surface area contributed by atoms with Crippen molar-refractivity contribution in [2.45, 2.75) is 128 Å². The normalized spacial score (nSPS) is 47.2. The molecule has 0 aromatic rings. The molecule has 4 aliphatic carbocycles. The van der Waals surface area contributed by atoms with E-state index >= 15 is 0 Å². The summed E-state index contributed by atoms with van der Waals surface area (Å²) >= 11 is 0. The van der Waals surface area contributed by atoms with Crippen LogP contribution in [0.15, 0.2) is 0 Å². The van der Waals surface area contributed by atoms with Crippen LogP contribution in [-0.4, -0.2) is 85.8 Å². The topological polar surface area (TPSA) is 188 Å². The van der Waals surface area contributed by atoms with Crippen LogP contribution in [0.1, 0.15) is 92.4 Å². The van der Waals surface area contributed by atoms with Crippen LogP contribution >= 0.6 is 0 Å². The van der Waals surface area contributed by atoms with E-state index < -0.39 is 63.5 Å². The molecule has 0 aliphatic heterocycles. The van der Waals surface area contributed by atoms with Gasteiger partial charge >= 0.3 is 29.6 Å². The van der Waals surface area contributed by atoms with Crippen LogP contribution in [0.2, 0.25) is 0 Å². The van der Waals surface area contributed by atoms with Gasteiger partial charge in [-0.2, -0.15) is 0 Å². The molecule has 4 saturated carbocycles. The Hall–Kier alpha value is 0.630. The molecule has 0 aromatic carbocycles. The molecule has 14 atom stereocenters. The molecule has 12 heteroatoms. The summed E-state index contributed by atoms with van der Waals surface area (Å²) in [5, 5.41) is 67.1. The van der Waals surface area contributed by atoms with Crippen molar-refractivity contribution in [1.29, 1.82) is 0 Å². The minimum Gasteiger partial charge on any atom is -0.726 e. The van der Waals surface area contributed by atoms with Gasteiger partial charge in [0.15, 0.2) is 0 Å². The molecule has 4 aliphatic rings. The number of aliphatic hydroxyl groups excluding tert-OH is 4. The molecule has 0 radical (unpaired) electrons. The monoisotopic (exact) mass is 614 g/mol. The first kappa shape index (κ1) is 36.1. The average Bonchev–Trinajstić information content (AvgIpc) is 3.05. The van der Waals surface area contributed by atoms with Crippen LogP contribution in [0.25, 0.3) is 0 Å². The fourth-order valence-corrected chi connectivity index (χ4v) is 10.7. The number of fused-ring (bicyclic) bond motifs is 5. The summed E-state index contributed by atoms with van der Waals surface area (Å²) in [5.74, 6) is -0.876. The minimum atomic E-state index is -4.93. The van der Waals surface area contributed by atoms with E-state index in [2.05, 4.69) is 11.1 Å². The van der Waals surface area contributed by atoms with Crippen molar-refractivity contribution in [3.63, 3.8) is 0 Å². The molecule has 41 heavy (non-hydrogen) atoms. The van der Waals surface area contributed by atoms with Crippen molar-refractivity contribution in [2.24, 2.45) is 46.3 Å². The molecule has 234 valence electrons. The number of aliphatic hydroxyl groups is 6. The van der Waals surface area contributed by atoms with Gasteiger partial charge in [0.25, 0.3) is 0 Å². The molecular weight excluding hydrogens is 563 g/mol. The molecule has 0 bridgehead atoms. The Balaban J connectivity index is 0.00000462. The summed E-state index contributed by atoms with van der Waals surface area (Å²) in [6.45, 7) is 8.92. The van der Waals surface area contributed by atoms with Crippen molar-refractivity contribution in [3.8, 4) is 0 Å². The summed E-state index contributed by atoms with van der Waals surface area (Å²) in [7, 11) is -4.93. The molecule has 10 nitrogen and oxygen atoms in total. The van der Waals surface area contributed by atoms with Gasteiger partial charge in [0.2, 0.25) is 10.4 Å². The predicted octanol–water partition coefficient (Wildman–Crippen LogP) is -1.29. The summed E-state index contributed by atoms with van der Waals surface area (Å²) < 4.78 is 37.2. The van der Waals surface area contributed by atoms with E-state index in [4.69, 9.17) is 0 Å². The van der Waals surface area contributed by atoms with E-state index in [1.165, 1.54) is 6.92 Å². The van der Waals surface area contributed by atoms with Gasteiger partial charge < -0.3 is 35.2 Å². The Bertz CT molecular complexity index is 1030. The van der Waals surface area contributed by atoms with Gasteiger partial charge in [0.1, 0.15) is 0 Å². The zero-order valence-corrected chi connectivity index (χ0v) is 28.4. The van der Waals surface area contributed by atoms with Crippen LogP contribution < -0.4 is 29.6 Å². The molecule has 4 rings (SSSR count). The van der Waals surface area contributed by atoms with Crippen molar-refractivity contribution in [2.75, 3.05) is 6.61 Å². The second kappa shape index (κ2) is 12.4. The van der Waals surface area contributed by atoms with Crippen LogP contribution in [-0.2, 0) is 14.6 Å². The Kier molecular flexibility index (Phi) is 11.0. The second-order valence-electron chi connectivity index (χ2n) is 14.5. The third-order valence-electron chi connectivity index (χ3n) is 12.4. The first-order valence-corrected chi connectivity index (χ1v) is 16.4. The zero-order valence-electron chi connectivity index (χ0n) is 25.6. The third-order valence-corrected chi connectivity index (χ3v) is 12.8. The molecule has 0 heterocycles. The Morgan fingerprint density at radius 3 is 2.29 bits per heavy atom. The largest absolute Gasteiger partial charge is 1.00 e. The number of hydrogen-bond donors (Lipinski definition) is 6. The van der Waals surface area contributed by atoms with E-state index in [1.54, 1.807) is 0 Å². The summed E-state index contributed by atoms with van der Waals surface area (Å²) in [6.07, 6.45) is 1.26.